The van der Waals surface area contributed by atoms with Gasteiger partial charge in [0, 0.05) is 12.1 Å². The largest absolute Gasteiger partial charge is 0.497 e. The van der Waals surface area contributed by atoms with Gasteiger partial charge >= 0.3 is 0 Å². The van der Waals surface area contributed by atoms with E-state index in [0.717, 1.165) is 0 Å². The van der Waals surface area contributed by atoms with Crippen LogP contribution < -0.4 is 14.8 Å². The fourth-order valence-corrected chi connectivity index (χ4v) is 4.38. The van der Waals surface area contributed by atoms with Gasteiger partial charge in [0.2, 0.25) is 5.91 Å². The number of methoxy groups -OCH3 is 1. The van der Waals surface area contributed by atoms with Crippen LogP contribution in [-0.4, -0.2) is 33.0 Å². The molecule has 0 saturated heterocycles. The first-order valence-corrected chi connectivity index (χ1v) is 11.7. The summed E-state index contributed by atoms with van der Waals surface area (Å²) in [5.74, 6) is 1.26. The van der Waals surface area contributed by atoms with E-state index >= 15 is 0 Å². The number of thioether (sulfide) groups is 1. The second kappa shape index (κ2) is 11.2. The van der Waals surface area contributed by atoms with Crippen LogP contribution in [-0.2, 0) is 4.79 Å². The Kier molecular flexibility index (Phi) is 8.32. The highest BCUT2D eigenvalue weighted by Gasteiger charge is 2.26. The molecule has 1 amide bonds. The van der Waals surface area contributed by atoms with Gasteiger partial charge in [0.1, 0.15) is 17.3 Å². The molecule has 2 unspecified atom stereocenters. The molecule has 0 aliphatic rings. The standard InChI is InChI=1S/C24H29FN4O3S/c1-6-21(23(30)26-20-13-8-7-12-19(20)25)33-24-28-27-22(29(24)15(2)3)16(4)32-18-11-9-10-17(14-18)31-5/h7-16,21H,6H2,1-5H3,(H,26,30). The molecule has 2 aromatic carbocycles. The molecule has 0 spiro atoms. The molecule has 0 fully saturated rings. The maximum atomic E-state index is 14.0. The minimum atomic E-state index is -0.471. The van der Waals surface area contributed by atoms with E-state index in [-0.39, 0.29) is 23.7 Å². The topological polar surface area (TPSA) is 78.3 Å². The van der Waals surface area contributed by atoms with E-state index in [0.29, 0.717) is 28.9 Å². The number of hydrogen-bond acceptors (Lipinski definition) is 6. The lowest BCUT2D eigenvalue weighted by molar-refractivity contribution is -0.115. The van der Waals surface area contributed by atoms with Crippen LogP contribution in [0.3, 0.4) is 0 Å². The van der Waals surface area contributed by atoms with Gasteiger partial charge < -0.3 is 19.4 Å². The van der Waals surface area contributed by atoms with Crippen molar-refractivity contribution in [2.45, 2.75) is 56.7 Å². The Bertz CT molecular complexity index is 1090. The second-order valence-electron chi connectivity index (χ2n) is 7.73. The van der Waals surface area contributed by atoms with Gasteiger partial charge in [-0.3, -0.25) is 4.79 Å². The molecule has 0 aliphatic carbocycles. The number of carbonyl (C=O) groups is 1. The number of amides is 1. The van der Waals surface area contributed by atoms with Crippen molar-refractivity contribution in [3.63, 3.8) is 0 Å². The molecular weight excluding hydrogens is 443 g/mol. The van der Waals surface area contributed by atoms with Gasteiger partial charge in [-0.25, -0.2) is 4.39 Å². The fraction of sp³-hybridized carbons (Fsp3) is 0.375. The molecule has 0 radical (unpaired) electrons. The molecular formula is C24H29FN4O3S. The smallest absolute Gasteiger partial charge is 0.238 e. The Labute approximate surface area is 197 Å². The van der Waals surface area contributed by atoms with Crippen LogP contribution in [0.5, 0.6) is 11.5 Å². The third kappa shape index (κ3) is 6.04. The molecule has 0 aliphatic heterocycles. The van der Waals surface area contributed by atoms with E-state index in [1.165, 1.54) is 23.9 Å². The number of carbonyl (C=O) groups excluding carboxylic acids is 1. The zero-order chi connectivity index (χ0) is 24.0. The van der Waals surface area contributed by atoms with E-state index in [1.54, 1.807) is 19.2 Å². The number of benzene rings is 2. The van der Waals surface area contributed by atoms with E-state index in [4.69, 9.17) is 9.47 Å². The second-order valence-corrected chi connectivity index (χ2v) is 8.90. The molecule has 1 aromatic heterocycles. The van der Waals surface area contributed by atoms with Gasteiger partial charge in [-0.1, -0.05) is 36.9 Å². The van der Waals surface area contributed by atoms with Gasteiger partial charge in [0.15, 0.2) is 17.1 Å². The van der Waals surface area contributed by atoms with Crippen LogP contribution in [0.1, 0.15) is 52.1 Å². The van der Waals surface area contributed by atoms with Gasteiger partial charge in [-0.15, -0.1) is 10.2 Å². The Morgan fingerprint density at radius 2 is 1.85 bits per heavy atom. The highest BCUT2D eigenvalue weighted by atomic mass is 32.2. The van der Waals surface area contributed by atoms with Crippen molar-refractivity contribution in [3.8, 4) is 11.5 Å². The molecule has 33 heavy (non-hydrogen) atoms. The highest BCUT2D eigenvalue weighted by molar-refractivity contribution is 8.00. The average Bonchev–Trinajstić information content (AvgIpc) is 3.23. The third-order valence-electron chi connectivity index (χ3n) is 4.97. The van der Waals surface area contributed by atoms with Crippen LogP contribution in [0.25, 0.3) is 0 Å². The minimum Gasteiger partial charge on any atom is -0.497 e. The Balaban J connectivity index is 1.78. The van der Waals surface area contributed by atoms with Gasteiger partial charge in [-0.2, -0.15) is 0 Å². The normalized spacial score (nSPS) is 12.9. The third-order valence-corrected chi connectivity index (χ3v) is 6.29. The molecule has 176 valence electrons. The van der Waals surface area contributed by atoms with Crippen molar-refractivity contribution in [2.24, 2.45) is 0 Å². The number of para-hydroxylation sites is 1. The minimum absolute atomic E-state index is 0.0426. The molecule has 9 heteroatoms. The lowest BCUT2D eigenvalue weighted by Gasteiger charge is -2.20. The number of hydrogen-bond donors (Lipinski definition) is 1. The number of anilines is 1. The van der Waals surface area contributed by atoms with E-state index < -0.39 is 11.1 Å². The summed E-state index contributed by atoms with van der Waals surface area (Å²) in [6.45, 7) is 7.86. The van der Waals surface area contributed by atoms with E-state index in [9.17, 15) is 9.18 Å². The van der Waals surface area contributed by atoms with Crippen LogP contribution in [0.4, 0.5) is 10.1 Å². The van der Waals surface area contributed by atoms with Gasteiger partial charge in [-0.05, 0) is 51.5 Å². The molecule has 1 N–H and O–H groups in total. The Morgan fingerprint density at radius 3 is 2.52 bits per heavy atom. The monoisotopic (exact) mass is 472 g/mol. The van der Waals surface area contributed by atoms with Crippen LogP contribution in [0.2, 0.25) is 0 Å². The zero-order valence-electron chi connectivity index (χ0n) is 19.4. The quantitative estimate of drug-likeness (QED) is 0.384. The SMILES string of the molecule is CCC(Sc1nnc(C(C)Oc2cccc(OC)c2)n1C(C)C)C(=O)Nc1ccccc1F. The van der Waals surface area contributed by atoms with E-state index in [2.05, 4.69) is 15.5 Å². The van der Waals surface area contributed by atoms with Gasteiger partial charge in [0.25, 0.3) is 0 Å². The van der Waals surface area contributed by atoms with Crippen molar-refractivity contribution in [1.82, 2.24) is 14.8 Å². The van der Waals surface area contributed by atoms with Crippen molar-refractivity contribution < 1.29 is 18.7 Å². The summed E-state index contributed by atoms with van der Waals surface area (Å²) in [4.78, 5) is 12.8. The van der Waals surface area contributed by atoms with Crippen LogP contribution >= 0.6 is 11.8 Å². The summed E-state index contributed by atoms with van der Waals surface area (Å²) in [5, 5.41) is 11.5. The maximum Gasteiger partial charge on any atom is 0.238 e. The Hall–Kier alpha value is -3.07. The molecule has 3 aromatic rings. The first-order chi connectivity index (χ1) is 15.8. The molecule has 2 atom stereocenters. The Morgan fingerprint density at radius 1 is 1.12 bits per heavy atom. The van der Waals surface area contributed by atoms with Crippen molar-refractivity contribution in [2.75, 3.05) is 12.4 Å². The van der Waals surface area contributed by atoms with Crippen molar-refractivity contribution in [1.29, 1.82) is 0 Å². The molecule has 7 nitrogen and oxygen atoms in total. The number of halogens is 1. The van der Waals surface area contributed by atoms with Gasteiger partial charge in [0.05, 0.1) is 18.0 Å². The summed E-state index contributed by atoms with van der Waals surface area (Å²) >= 11 is 1.31. The average molecular weight is 473 g/mol. The molecule has 0 bridgehead atoms. The maximum absolute atomic E-state index is 14.0. The predicted octanol–water partition coefficient (Wildman–Crippen LogP) is 5.66. The van der Waals surface area contributed by atoms with Crippen LogP contribution in [0.15, 0.2) is 53.7 Å². The fourth-order valence-electron chi connectivity index (χ4n) is 3.29. The summed E-state index contributed by atoms with van der Waals surface area (Å²) in [5.41, 5.74) is 0.160. The first kappa shape index (κ1) is 24.6. The number of rotatable bonds is 10. The van der Waals surface area contributed by atoms with Crippen molar-refractivity contribution >= 4 is 23.4 Å². The zero-order valence-corrected chi connectivity index (χ0v) is 20.2. The predicted molar refractivity (Wildman–Crippen MR) is 127 cm³/mol. The summed E-state index contributed by atoms with van der Waals surface area (Å²) in [6, 6.07) is 13.5. The number of aromatic nitrogens is 3. The molecule has 3 rings (SSSR count). The highest BCUT2D eigenvalue weighted by Crippen LogP contribution is 2.32. The number of ether oxygens (including phenoxy) is 2. The van der Waals surface area contributed by atoms with Crippen LogP contribution in [0, 0.1) is 5.82 Å². The summed E-state index contributed by atoms with van der Waals surface area (Å²) in [6.07, 6.45) is 0.162. The lowest BCUT2D eigenvalue weighted by atomic mass is 10.2. The first-order valence-electron chi connectivity index (χ1n) is 10.8. The summed E-state index contributed by atoms with van der Waals surface area (Å²) in [7, 11) is 1.61. The summed E-state index contributed by atoms with van der Waals surface area (Å²) < 4.78 is 27.3. The lowest BCUT2D eigenvalue weighted by Crippen LogP contribution is -2.25. The number of nitrogens with one attached hydrogen (secondary N) is 1. The molecule has 1 heterocycles. The van der Waals surface area contributed by atoms with E-state index in [1.807, 2.05) is 56.5 Å². The number of nitrogens with zero attached hydrogens (tertiary/aromatic N) is 3. The van der Waals surface area contributed by atoms with Crippen molar-refractivity contribution in [3.05, 3.63) is 60.2 Å². The molecule has 0 saturated carbocycles.